The second kappa shape index (κ2) is 13.9. The van der Waals surface area contributed by atoms with Crippen LogP contribution in [0.25, 0.3) is 121 Å². The van der Waals surface area contributed by atoms with Gasteiger partial charge in [0.15, 0.2) is 17.5 Å². The third-order valence-corrected chi connectivity index (χ3v) is 12.5. The van der Waals surface area contributed by atoms with Crippen LogP contribution >= 0.6 is 11.3 Å². The number of aromatic nitrogens is 4. The van der Waals surface area contributed by atoms with E-state index in [1.807, 2.05) is 48.5 Å². The molecule has 4 aromatic heterocycles. The van der Waals surface area contributed by atoms with Crippen LogP contribution in [0.1, 0.15) is 0 Å². The van der Waals surface area contributed by atoms with E-state index in [2.05, 4.69) is 146 Å². The van der Waals surface area contributed by atoms with E-state index in [1.165, 1.54) is 20.2 Å². The van der Waals surface area contributed by atoms with Crippen LogP contribution in [0.2, 0.25) is 0 Å². The van der Waals surface area contributed by atoms with Crippen LogP contribution in [-0.4, -0.2) is 19.9 Å². The molecule has 0 aliphatic carbocycles. The smallest absolute Gasteiger partial charge is 0.164 e. The zero-order chi connectivity index (χ0) is 39.6. The lowest BCUT2D eigenvalue weighted by Crippen LogP contribution is -2.00. The molecule has 0 spiro atoms. The summed E-state index contributed by atoms with van der Waals surface area (Å²) in [5.41, 5.74) is 11.8. The highest BCUT2D eigenvalue weighted by molar-refractivity contribution is 7.26. The predicted molar refractivity (Wildman–Crippen MR) is 248 cm³/mol. The van der Waals surface area contributed by atoms with Crippen LogP contribution in [0.4, 0.5) is 0 Å². The molecule has 0 saturated carbocycles. The number of rotatable bonds is 6. The van der Waals surface area contributed by atoms with Crippen molar-refractivity contribution < 1.29 is 4.42 Å². The van der Waals surface area contributed by atoms with E-state index < -0.39 is 0 Å². The molecule has 0 N–H and O–H groups in total. The molecule has 0 atom stereocenters. The Balaban J connectivity index is 0.967. The first-order valence-corrected chi connectivity index (χ1v) is 20.8. The number of nitrogens with zero attached hydrogens (tertiary/aromatic N) is 4. The van der Waals surface area contributed by atoms with Crippen molar-refractivity contribution in [3.63, 3.8) is 0 Å². The van der Waals surface area contributed by atoms with Crippen molar-refractivity contribution in [2.75, 3.05) is 0 Å². The second-order valence-corrected chi connectivity index (χ2v) is 16.0. The first-order valence-electron chi connectivity index (χ1n) is 20.0. The fourth-order valence-corrected chi connectivity index (χ4v) is 9.68. The Labute approximate surface area is 348 Å². The molecule has 0 radical (unpaired) electrons. The first-order chi connectivity index (χ1) is 29.7. The molecule has 0 fully saturated rings. The number of benzene rings is 8. The minimum absolute atomic E-state index is 0.603. The van der Waals surface area contributed by atoms with Crippen LogP contribution in [0.15, 0.2) is 199 Å². The van der Waals surface area contributed by atoms with E-state index in [9.17, 15) is 0 Å². The third-order valence-electron chi connectivity index (χ3n) is 11.4. The Morgan fingerprint density at radius 3 is 1.55 bits per heavy atom. The highest BCUT2D eigenvalue weighted by atomic mass is 32.1. The van der Waals surface area contributed by atoms with Crippen LogP contribution < -0.4 is 0 Å². The molecule has 0 aliphatic heterocycles. The molecule has 0 amide bonds. The molecule has 60 heavy (non-hydrogen) atoms. The number of hydrogen-bond acceptors (Lipinski definition) is 6. The maximum Gasteiger partial charge on any atom is 0.164 e. The number of thiophene rings is 1. The van der Waals surface area contributed by atoms with Gasteiger partial charge in [-0.2, -0.15) is 0 Å². The maximum absolute atomic E-state index is 6.36. The molecule has 12 aromatic rings. The summed E-state index contributed by atoms with van der Waals surface area (Å²) >= 11 is 1.80. The zero-order valence-electron chi connectivity index (χ0n) is 32.1. The molecule has 0 unspecified atom stereocenters. The average Bonchev–Trinajstić information content (AvgIpc) is 3.91. The lowest BCUT2D eigenvalue weighted by atomic mass is 9.97. The summed E-state index contributed by atoms with van der Waals surface area (Å²) in [5, 5.41) is 5.87. The van der Waals surface area contributed by atoms with Gasteiger partial charge in [0.2, 0.25) is 0 Å². The average molecular weight is 785 g/mol. The lowest BCUT2D eigenvalue weighted by molar-refractivity contribution is 0.670. The quantitative estimate of drug-likeness (QED) is 0.168. The Morgan fingerprint density at radius 1 is 0.350 bits per heavy atom. The molecule has 0 saturated heterocycles. The standard InChI is InChI=1S/C54H32N4OS/c1-3-13-33(14-4-1)39-19-11-22-44-47-43-18-8-10-24-46(43)60-51(47)48(55-49(39)44)35-27-31-38(32-28-35)54-57-52(36-15-5-2-6-16-36)56-53(58-54)37-29-25-34(26-30-37)40-20-12-21-42-41-17-7-9-23-45(41)59-50(40)42/h1-32H. The Morgan fingerprint density at radius 2 is 0.850 bits per heavy atom. The number of pyridine rings is 1. The van der Waals surface area contributed by atoms with E-state index in [4.69, 9.17) is 24.4 Å². The first kappa shape index (κ1) is 34.3. The molecular formula is C54H32N4OS. The van der Waals surface area contributed by atoms with E-state index in [1.54, 1.807) is 11.3 Å². The summed E-state index contributed by atoms with van der Waals surface area (Å²) in [5.74, 6) is 1.83. The summed E-state index contributed by atoms with van der Waals surface area (Å²) in [6.07, 6.45) is 0. The molecule has 0 aliphatic rings. The predicted octanol–water partition coefficient (Wildman–Crippen LogP) is 14.7. The van der Waals surface area contributed by atoms with Gasteiger partial charge in [0, 0.05) is 65.0 Å². The van der Waals surface area contributed by atoms with E-state index >= 15 is 0 Å². The van der Waals surface area contributed by atoms with Gasteiger partial charge in [-0.15, -0.1) is 11.3 Å². The van der Waals surface area contributed by atoms with Gasteiger partial charge in [0.05, 0.1) is 15.9 Å². The molecule has 0 bridgehead atoms. The molecule has 5 nitrogen and oxygen atoms in total. The van der Waals surface area contributed by atoms with Crippen molar-refractivity contribution in [1.29, 1.82) is 0 Å². The second-order valence-electron chi connectivity index (χ2n) is 14.9. The van der Waals surface area contributed by atoms with Crippen LogP contribution in [0.3, 0.4) is 0 Å². The van der Waals surface area contributed by atoms with Crippen LogP contribution in [0, 0.1) is 0 Å². The van der Waals surface area contributed by atoms with Gasteiger partial charge in [-0.1, -0.05) is 182 Å². The highest BCUT2D eigenvalue weighted by Crippen LogP contribution is 2.45. The number of fused-ring (bicyclic) bond motifs is 8. The third kappa shape index (κ3) is 5.69. The van der Waals surface area contributed by atoms with Gasteiger partial charge < -0.3 is 4.42 Å². The van der Waals surface area contributed by atoms with E-state index in [-0.39, 0.29) is 0 Å². The number of furan rings is 1. The van der Waals surface area contributed by atoms with Gasteiger partial charge in [-0.3, -0.25) is 0 Å². The lowest BCUT2D eigenvalue weighted by Gasteiger charge is -2.12. The normalized spacial score (nSPS) is 11.7. The zero-order valence-corrected chi connectivity index (χ0v) is 32.9. The van der Waals surface area contributed by atoms with Crippen molar-refractivity contribution in [2.24, 2.45) is 0 Å². The summed E-state index contributed by atoms with van der Waals surface area (Å²) < 4.78 is 8.78. The van der Waals surface area contributed by atoms with E-state index in [0.29, 0.717) is 17.5 Å². The topological polar surface area (TPSA) is 64.7 Å². The van der Waals surface area contributed by atoms with Gasteiger partial charge in [-0.25, -0.2) is 19.9 Å². The van der Waals surface area contributed by atoms with Gasteiger partial charge in [0.1, 0.15) is 11.2 Å². The van der Waals surface area contributed by atoms with E-state index in [0.717, 1.165) is 83.0 Å². The summed E-state index contributed by atoms with van der Waals surface area (Å²) in [6, 6.07) is 67.3. The minimum Gasteiger partial charge on any atom is -0.455 e. The molecule has 8 aromatic carbocycles. The summed E-state index contributed by atoms with van der Waals surface area (Å²) in [4.78, 5) is 20.6. The fourth-order valence-electron chi connectivity index (χ4n) is 8.46. The Hall–Kier alpha value is -7.80. The van der Waals surface area contributed by atoms with Crippen LogP contribution in [-0.2, 0) is 0 Å². The largest absolute Gasteiger partial charge is 0.455 e. The van der Waals surface area contributed by atoms with Crippen molar-refractivity contribution in [3.05, 3.63) is 194 Å². The van der Waals surface area contributed by atoms with Gasteiger partial charge in [-0.05, 0) is 23.3 Å². The summed E-state index contributed by atoms with van der Waals surface area (Å²) in [7, 11) is 0. The van der Waals surface area contributed by atoms with Crippen molar-refractivity contribution in [2.45, 2.75) is 0 Å². The van der Waals surface area contributed by atoms with Crippen molar-refractivity contribution >= 4 is 64.4 Å². The Bertz CT molecular complexity index is 3580. The maximum atomic E-state index is 6.36. The van der Waals surface area contributed by atoms with Gasteiger partial charge in [0.25, 0.3) is 0 Å². The van der Waals surface area contributed by atoms with Crippen molar-refractivity contribution in [3.8, 4) is 67.7 Å². The molecule has 12 rings (SSSR count). The van der Waals surface area contributed by atoms with Gasteiger partial charge >= 0.3 is 0 Å². The molecule has 4 heterocycles. The Kier molecular flexibility index (Phi) is 7.96. The SMILES string of the molecule is c1ccc(-c2nc(-c3ccc(-c4cccc5c4oc4ccccc45)cc3)nc(-c3ccc(-c4nc5c(-c6ccccc6)cccc5c5c4sc4ccccc45)cc3)n2)cc1. The molecule has 6 heteroatoms. The minimum atomic E-state index is 0.603. The number of para-hydroxylation sites is 3. The van der Waals surface area contributed by atoms with Crippen LogP contribution in [0.5, 0.6) is 0 Å². The monoisotopic (exact) mass is 784 g/mol. The number of hydrogen-bond donors (Lipinski definition) is 0. The highest BCUT2D eigenvalue weighted by Gasteiger charge is 2.20. The summed E-state index contributed by atoms with van der Waals surface area (Å²) in [6.45, 7) is 0. The van der Waals surface area contributed by atoms with Crippen molar-refractivity contribution in [1.82, 2.24) is 19.9 Å². The fraction of sp³-hybridized carbons (Fsp3) is 0. The molecule has 280 valence electrons. The molecular weight excluding hydrogens is 753 g/mol.